The Morgan fingerprint density at radius 2 is 1.86 bits per heavy atom. The summed E-state index contributed by atoms with van der Waals surface area (Å²) in [5.74, 6) is -0.668. The lowest BCUT2D eigenvalue weighted by molar-refractivity contribution is -0.132. The van der Waals surface area contributed by atoms with Gasteiger partial charge in [-0.1, -0.05) is 44.4 Å². The number of amides is 3. The monoisotopic (exact) mass is 326 g/mol. The third-order valence-corrected chi connectivity index (χ3v) is 4.29. The Morgan fingerprint density at radius 3 is 2.41 bits per heavy atom. The highest BCUT2D eigenvalue weighted by molar-refractivity contribution is 6.31. The van der Waals surface area contributed by atoms with Crippen molar-refractivity contribution in [3.63, 3.8) is 0 Å². The maximum absolute atomic E-state index is 13.1. The van der Waals surface area contributed by atoms with Gasteiger partial charge in [0.2, 0.25) is 0 Å². The molecule has 1 aromatic rings. The molecule has 1 saturated heterocycles. The number of nitrogens with one attached hydrogen (secondary N) is 1. The fourth-order valence-corrected chi connectivity index (χ4v) is 3.18. The zero-order valence-corrected chi connectivity index (χ0v) is 13.5. The van der Waals surface area contributed by atoms with Crippen LogP contribution in [0.15, 0.2) is 18.2 Å². The van der Waals surface area contributed by atoms with E-state index in [1.165, 1.54) is 23.1 Å². The van der Waals surface area contributed by atoms with Crippen molar-refractivity contribution < 1.29 is 14.0 Å². The largest absolute Gasteiger partial charge is 0.325 e. The van der Waals surface area contributed by atoms with Crippen molar-refractivity contribution in [1.82, 2.24) is 10.2 Å². The molecule has 120 valence electrons. The molecular formula is C16H20ClFN2O2. The highest BCUT2D eigenvalue weighted by Crippen LogP contribution is 2.30. The summed E-state index contributed by atoms with van der Waals surface area (Å²) in [6.45, 7) is 4.02. The van der Waals surface area contributed by atoms with Gasteiger partial charge in [0.15, 0.2) is 0 Å². The van der Waals surface area contributed by atoms with E-state index in [1.54, 1.807) is 0 Å². The Kier molecular flexibility index (Phi) is 5.06. The first-order valence-electron chi connectivity index (χ1n) is 7.51. The van der Waals surface area contributed by atoms with Crippen molar-refractivity contribution in [3.8, 4) is 0 Å². The number of benzene rings is 1. The topological polar surface area (TPSA) is 49.4 Å². The minimum absolute atomic E-state index is 0.0545. The van der Waals surface area contributed by atoms with Gasteiger partial charge in [0.05, 0.1) is 6.54 Å². The van der Waals surface area contributed by atoms with Crippen molar-refractivity contribution in [1.29, 1.82) is 0 Å². The molecule has 0 radical (unpaired) electrons. The Bertz CT molecular complexity index is 586. The molecule has 1 aliphatic heterocycles. The van der Waals surface area contributed by atoms with Gasteiger partial charge >= 0.3 is 6.03 Å². The standard InChI is InChI=1S/C16H20ClFN2O2/c1-3-7-16(8-4-2)14(21)20(15(22)19-16)10-11-5-6-12(18)9-13(11)17/h5-6,9H,3-4,7-8,10H2,1-2H3,(H,19,22). The zero-order valence-electron chi connectivity index (χ0n) is 12.8. The summed E-state index contributed by atoms with van der Waals surface area (Å²) in [5.41, 5.74) is -0.261. The van der Waals surface area contributed by atoms with Crippen molar-refractivity contribution in [2.45, 2.75) is 51.6 Å². The molecule has 0 bridgehead atoms. The molecule has 1 heterocycles. The van der Waals surface area contributed by atoms with Gasteiger partial charge in [-0.2, -0.15) is 0 Å². The van der Waals surface area contributed by atoms with Gasteiger partial charge in [-0.15, -0.1) is 0 Å². The molecule has 6 heteroatoms. The fraction of sp³-hybridized carbons (Fsp3) is 0.500. The van der Waals surface area contributed by atoms with Gasteiger partial charge in [0, 0.05) is 5.02 Å². The average Bonchev–Trinajstić information content (AvgIpc) is 2.67. The summed E-state index contributed by atoms with van der Waals surface area (Å²) in [4.78, 5) is 26.1. The molecule has 1 aromatic carbocycles. The molecule has 0 atom stereocenters. The number of halogens is 2. The third-order valence-electron chi connectivity index (χ3n) is 3.94. The van der Waals surface area contributed by atoms with Gasteiger partial charge in [0.1, 0.15) is 11.4 Å². The minimum atomic E-state index is -0.812. The highest BCUT2D eigenvalue weighted by atomic mass is 35.5. The molecule has 0 aliphatic carbocycles. The second kappa shape index (κ2) is 6.65. The van der Waals surface area contributed by atoms with Gasteiger partial charge in [0.25, 0.3) is 5.91 Å². The second-order valence-electron chi connectivity index (χ2n) is 5.64. The Morgan fingerprint density at radius 1 is 1.23 bits per heavy atom. The van der Waals surface area contributed by atoms with Crippen molar-refractivity contribution in [2.24, 2.45) is 0 Å². The maximum atomic E-state index is 13.1. The van der Waals surface area contributed by atoms with E-state index >= 15 is 0 Å². The van der Waals surface area contributed by atoms with Crippen molar-refractivity contribution >= 4 is 23.5 Å². The van der Waals surface area contributed by atoms with Crippen LogP contribution in [0.3, 0.4) is 0 Å². The first-order valence-corrected chi connectivity index (χ1v) is 7.89. The van der Waals surface area contributed by atoms with Crippen molar-refractivity contribution in [3.05, 3.63) is 34.6 Å². The number of hydrogen-bond acceptors (Lipinski definition) is 2. The van der Waals surface area contributed by atoms with Crippen LogP contribution in [0.5, 0.6) is 0 Å². The quantitative estimate of drug-likeness (QED) is 0.807. The molecule has 1 aliphatic rings. The summed E-state index contributed by atoms with van der Waals surface area (Å²) in [7, 11) is 0. The Balaban J connectivity index is 2.24. The van der Waals surface area contributed by atoms with Crippen LogP contribution in [-0.4, -0.2) is 22.4 Å². The molecule has 1 fully saturated rings. The Hall–Kier alpha value is -1.62. The first-order chi connectivity index (χ1) is 10.4. The number of hydrogen-bond donors (Lipinski definition) is 1. The lowest BCUT2D eigenvalue weighted by Gasteiger charge is -2.25. The lowest BCUT2D eigenvalue weighted by atomic mass is 9.88. The van der Waals surface area contributed by atoms with E-state index in [4.69, 9.17) is 11.6 Å². The molecule has 0 saturated carbocycles. The van der Waals surface area contributed by atoms with E-state index in [0.717, 1.165) is 12.8 Å². The van der Waals surface area contributed by atoms with Gasteiger partial charge in [-0.3, -0.25) is 9.69 Å². The molecule has 4 nitrogen and oxygen atoms in total. The zero-order chi connectivity index (χ0) is 16.3. The van der Waals surface area contributed by atoms with E-state index in [2.05, 4.69) is 5.32 Å². The van der Waals surface area contributed by atoms with Crippen LogP contribution < -0.4 is 5.32 Å². The molecule has 2 rings (SSSR count). The summed E-state index contributed by atoms with van der Waals surface area (Å²) in [6, 6.07) is 3.54. The number of imide groups is 1. The van der Waals surface area contributed by atoms with E-state index in [9.17, 15) is 14.0 Å². The predicted octanol–water partition coefficient (Wildman–Crippen LogP) is 3.87. The third kappa shape index (κ3) is 3.09. The van der Waals surface area contributed by atoms with E-state index in [0.29, 0.717) is 18.4 Å². The minimum Gasteiger partial charge on any atom is -0.323 e. The van der Waals surface area contributed by atoms with Gasteiger partial charge in [-0.05, 0) is 30.5 Å². The van der Waals surface area contributed by atoms with Crippen LogP contribution in [0, 0.1) is 5.82 Å². The number of carbonyl (C=O) groups is 2. The number of rotatable bonds is 6. The van der Waals surface area contributed by atoms with Crippen LogP contribution >= 0.6 is 11.6 Å². The highest BCUT2D eigenvalue weighted by Gasteiger charge is 2.49. The summed E-state index contributed by atoms with van der Waals surface area (Å²) in [6.07, 6.45) is 2.83. The molecule has 3 amide bonds. The molecule has 22 heavy (non-hydrogen) atoms. The normalized spacial score (nSPS) is 17.0. The molecule has 0 spiro atoms. The van der Waals surface area contributed by atoms with Crippen LogP contribution in [-0.2, 0) is 11.3 Å². The van der Waals surface area contributed by atoms with E-state index < -0.39 is 17.4 Å². The van der Waals surface area contributed by atoms with Crippen LogP contribution in [0.25, 0.3) is 0 Å². The van der Waals surface area contributed by atoms with Crippen LogP contribution in [0.1, 0.15) is 45.1 Å². The SMILES string of the molecule is CCCC1(CCC)NC(=O)N(Cc2ccc(F)cc2Cl)C1=O. The smallest absolute Gasteiger partial charge is 0.323 e. The Labute approximate surface area is 134 Å². The fourth-order valence-electron chi connectivity index (χ4n) is 2.96. The molecular weight excluding hydrogens is 307 g/mol. The van der Waals surface area contributed by atoms with Crippen LogP contribution in [0.2, 0.25) is 5.02 Å². The predicted molar refractivity (Wildman–Crippen MR) is 83.0 cm³/mol. The first kappa shape index (κ1) is 16.7. The number of carbonyl (C=O) groups excluding carboxylic acids is 2. The summed E-state index contributed by atoms with van der Waals surface area (Å²) in [5, 5.41) is 3.05. The summed E-state index contributed by atoms with van der Waals surface area (Å²) >= 11 is 5.99. The average molecular weight is 327 g/mol. The van der Waals surface area contributed by atoms with Gasteiger partial charge in [-0.25, -0.2) is 9.18 Å². The number of urea groups is 1. The number of nitrogens with zero attached hydrogens (tertiary/aromatic N) is 1. The maximum Gasteiger partial charge on any atom is 0.325 e. The van der Waals surface area contributed by atoms with E-state index in [1.807, 2.05) is 13.8 Å². The van der Waals surface area contributed by atoms with Gasteiger partial charge < -0.3 is 5.32 Å². The molecule has 0 unspecified atom stereocenters. The second-order valence-corrected chi connectivity index (χ2v) is 6.05. The van der Waals surface area contributed by atoms with Crippen molar-refractivity contribution in [2.75, 3.05) is 0 Å². The summed E-state index contributed by atoms with van der Waals surface area (Å²) < 4.78 is 13.1. The molecule has 0 aromatic heterocycles. The van der Waals surface area contributed by atoms with Crippen LogP contribution in [0.4, 0.5) is 9.18 Å². The lowest BCUT2D eigenvalue weighted by Crippen LogP contribution is -2.46. The molecule has 1 N–H and O–H groups in total. The van der Waals surface area contributed by atoms with E-state index in [-0.39, 0.29) is 17.5 Å².